The fourth-order valence-corrected chi connectivity index (χ4v) is 4.76. The number of Topliss-reactive ketones (excluding diaryl/α,β-unsaturated/α-hetero) is 1. The molecule has 1 amide bonds. The van der Waals surface area contributed by atoms with E-state index in [-0.39, 0.29) is 11.3 Å². The van der Waals surface area contributed by atoms with Crippen LogP contribution in [0.2, 0.25) is 0 Å². The molecule has 0 radical (unpaired) electrons. The number of ether oxygens (including phenoxy) is 1. The van der Waals surface area contributed by atoms with Crippen LogP contribution in [0.3, 0.4) is 0 Å². The van der Waals surface area contributed by atoms with Gasteiger partial charge in [0.15, 0.2) is 0 Å². The summed E-state index contributed by atoms with van der Waals surface area (Å²) in [4.78, 5) is 29.8. The van der Waals surface area contributed by atoms with Crippen LogP contribution in [0.15, 0.2) is 82.8 Å². The van der Waals surface area contributed by atoms with E-state index in [1.807, 2.05) is 68.4 Å². The maximum absolute atomic E-state index is 13.2. The van der Waals surface area contributed by atoms with Gasteiger partial charge < -0.3 is 19.6 Å². The van der Waals surface area contributed by atoms with Crippen LogP contribution in [-0.4, -0.2) is 53.8 Å². The Hall–Kier alpha value is -3.42. The number of ketones is 1. The van der Waals surface area contributed by atoms with Crippen LogP contribution >= 0.6 is 15.9 Å². The van der Waals surface area contributed by atoms with Gasteiger partial charge in [0.25, 0.3) is 11.7 Å². The van der Waals surface area contributed by atoms with Crippen LogP contribution in [0.4, 0.5) is 0 Å². The summed E-state index contributed by atoms with van der Waals surface area (Å²) >= 11 is 3.44. The zero-order chi connectivity index (χ0) is 26.5. The number of halogens is 1. The molecular weight excluding hydrogens is 532 g/mol. The lowest BCUT2D eigenvalue weighted by Crippen LogP contribution is -2.32. The van der Waals surface area contributed by atoms with Crippen molar-refractivity contribution in [3.8, 4) is 5.75 Å². The number of benzene rings is 3. The second-order valence-electron chi connectivity index (χ2n) is 9.50. The standard InChI is InChI=1S/C30H31BrN2O4/c1-20-6-4-7-21(18-20)19-37-25-14-10-23(11-15-25)28(34)26-27(22-8-12-24(31)13-9-22)33(30(36)29(26)35)17-5-16-32(2)3/h4,6-15,18,27,34H,5,16-17,19H2,1-3H3/b28-26+. The SMILES string of the molecule is Cc1cccc(COc2ccc(/C(O)=C3\C(=O)C(=O)N(CCCN(C)C)C3c3ccc(Br)cc3)cc2)c1. The van der Waals surface area contributed by atoms with E-state index < -0.39 is 17.7 Å². The Morgan fingerprint density at radius 3 is 2.38 bits per heavy atom. The molecular formula is C30H31BrN2O4. The Morgan fingerprint density at radius 2 is 1.73 bits per heavy atom. The van der Waals surface area contributed by atoms with Crippen molar-refractivity contribution in [2.45, 2.75) is 26.0 Å². The zero-order valence-electron chi connectivity index (χ0n) is 21.3. The van der Waals surface area contributed by atoms with Crippen molar-refractivity contribution < 1.29 is 19.4 Å². The summed E-state index contributed by atoms with van der Waals surface area (Å²) in [6.07, 6.45) is 0.708. The highest BCUT2D eigenvalue weighted by atomic mass is 79.9. The van der Waals surface area contributed by atoms with E-state index in [1.165, 1.54) is 5.56 Å². The number of hydrogen-bond acceptors (Lipinski definition) is 5. The summed E-state index contributed by atoms with van der Waals surface area (Å²) in [6, 6.07) is 21.9. The molecule has 0 saturated carbocycles. The molecule has 3 aromatic rings. The molecule has 0 aliphatic carbocycles. The molecule has 6 nitrogen and oxygen atoms in total. The number of aliphatic hydroxyl groups excluding tert-OH is 1. The number of amides is 1. The van der Waals surface area contributed by atoms with Gasteiger partial charge in [0.2, 0.25) is 0 Å². The molecule has 1 aliphatic rings. The predicted molar refractivity (Wildman–Crippen MR) is 148 cm³/mol. The van der Waals surface area contributed by atoms with Crippen LogP contribution in [0.25, 0.3) is 5.76 Å². The highest BCUT2D eigenvalue weighted by molar-refractivity contribution is 9.10. The lowest BCUT2D eigenvalue weighted by Gasteiger charge is -2.26. The van der Waals surface area contributed by atoms with Crippen molar-refractivity contribution in [3.63, 3.8) is 0 Å². The Kier molecular flexibility index (Phi) is 8.46. The average Bonchev–Trinajstić information content (AvgIpc) is 3.13. The first kappa shape index (κ1) is 26.6. The molecule has 37 heavy (non-hydrogen) atoms. The lowest BCUT2D eigenvalue weighted by atomic mass is 9.95. The van der Waals surface area contributed by atoms with Crippen molar-refractivity contribution >= 4 is 33.4 Å². The van der Waals surface area contributed by atoms with Crippen LogP contribution < -0.4 is 4.74 Å². The highest BCUT2D eigenvalue weighted by Gasteiger charge is 2.45. The largest absolute Gasteiger partial charge is 0.507 e. The van der Waals surface area contributed by atoms with Crippen LogP contribution in [0.5, 0.6) is 5.75 Å². The predicted octanol–water partition coefficient (Wildman–Crippen LogP) is 5.71. The quantitative estimate of drug-likeness (QED) is 0.205. The smallest absolute Gasteiger partial charge is 0.295 e. The van der Waals surface area contributed by atoms with Gasteiger partial charge in [-0.25, -0.2) is 0 Å². The normalized spacial score (nSPS) is 17.0. The Bertz CT molecular complexity index is 1300. The van der Waals surface area contributed by atoms with E-state index in [1.54, 1.807) is 29.2 Å². The molecule has 1 N–H and O–H groups in total. The van der Waals surface area contributed by atoms with E-state index in [9.17, 15) is 14.7 Å². The van der Waals surface area contributed by atoms with Gasteiger partial charge in [0.05, 0.1) is 11.6 Å². The maximum Gasteiger partial charge on any atom is 0.295 e. The molecule has 4 rings (SSSR count). The molecule has 1 atom stereocenters. The number of carbonyl (C=O) groups is 2. The summed E-state index contributed by atoms with van der Waals surface area (Å²) in [5, 5.41) is 11.3. The fraction of sp³-hybridized carbons (Fsp3) is 0.267. The Balaban J connectivity index is 1.62. The molecule has 1 aliphatic heterocycles. The molecule has 1 heterocycles. The number of hydrogen-bond donors (Lipinski definition) is 1. The summed E-state index contributed by atoms with van der Waals surface area (Å²) < 4.78 is 6.78. The lowest BCUT2D eigenvalue weighted by molar-refractivity contribution is -0.139. The number of rotatable bonds is 9. The van der Waals surface area contributed by atoms with E-state index >= 15 is 0 Å². The average molecular weight is 563 g/mol. The van der Waals surface area contributed by atoms with Gasteiger partial charge in [-0.15, -0.1) is 0 Å². The van der Waals surface area contributed by atoms with E-state index in [0.29, 0.717) is 30.9 Å². The number of carbonyl (C=O) groups excluding carboxylic acids is 2. The van der Waals surface area contributed by atoms with Crippen molar-refractivity contribution in [2.75, 3.05) is 27.2 Å². The van der Waals surface area contributed by atoms with Crippen molar-refractivity contribution in [1.29, 1.82) is 0 Å². The molecule has 1 fully saturated rings. The molecule has 0 bridgehead atoms. The van der Waals surface area contributed by atoms with Crippen molar-refractivity contribution in [1.82, 2.24) is 9.80 Å². The van der Waals surface area contributed by atoms with E-state index in [4.69, 9.17) is 4.74 Å². The second kappa shape index (κ2) is 11.8. The molecule has 3 aromatic carbocycles. The summed E-state index contributed by atoms with van der Waals surface area (Å²) in [7, 11) is 3.93. The number of aliphatic hydroxyl groups is 1. The monoisotopic (exact) mass is 562 g/mol. The van der Waals surface area contributed by atoms with Gasteiger partial charge in [-0.3, -0.25) is 9.59 Å². The third-order valence-electron chi connectivity index (χ3n) is 6.35. The van der Waals surface area contributed by atoms with Crippen LogP contribution in [0, 0.1) is 6.92 Å². The summed E-state index contributed by atoms with van der Waals surface area (Å²) in [5.74, 6) is -0.806. The Morgan fingerprint density at radius 1 is 1.03 bits per heavy atom. The molecule has 1 saturated heterocycles. The highest BCUT2D eigenvalue weighted by Crippen LogP contribution is 2.40. The van der Waals surface area contributed by atoms with E-state index in [0.717, 1.165) is 22.1 Å². The van der Waals surface area contributed by atoms with Crippen molar-refractivity contribution in [2.24, 2.45) is 0 Å². The fourth-order valence-electron chi connectivity index (χ4n) is 4.49. The minimum Gasteiger partial charge on any atom is -0.507 e. The number of nitrogens with zero attached hydrogens (tertiary/aromatic N) is 2. The molecule has 0 aromatic heterocycles. The minimum atomic E-state index is -0.671. The van der Waals surface area contributed by atoms with E-state index in [2.05, 4.69) is 22.0 Å². The third kappa shape index (κ3) is 6.29. The molecule has 0 spiro atoms. The number of likely N-dealkylation sites (tertiary alicyclic amines) is 1. The van der Waals surface area contributed by atoms with Gasteiger partial charge in [-0.2, -0.15) is 0 Å². The van der Waals surface area contributed by atoms with Crippen LogP contribution in [0.1, 0.15) is 34.7 Å². The first-order valence-corrected chi connectivity index (χ1v) is 13.0. The summed E-state index contributed by atoms with van der Waals surface area (Å²) in [5.41, 5.74) is 3.56. The van der Waals surface area contributed by atoms with Gasteiger partial charge >= 0.3 is 0 Å². The maximum atomic E-state index is 13.2. The first-order chi connectivity index (χ1) is 17.7. The van der Waals surface area contributed by atoms with Crippen LogP contribution in [-0.2, 0) is 16.2 Å². The van der Waals surface area contributed by atoms with Crippen molar-refractivity contribution in [3.05, 3.63) is 105 Å². The minimum absolute atomic E-state index is 0.102. The molecule has 192 valence electrons. The Labute approximate surface area is 226 Å². The first-order valence-electron chi connectivity index (χ1n) is 12.2. The second-order valence-corrected chi connectivity index (χ2v) is 10.4. The van der Waals surface area contributed by atoms with Gasteiger partial charge in [0.1, 0.15) is 18.1 Å². The van der Waals surface area contributed by atoms with Gasteiger partial charge in [0, 0.05) is 16.6 Å². The number of aryl methyl sites for hydroxylation is 1. The summed E-state index contributed by atoms with van der Waals surface area (Å²) in [6.45, 7) is 3.65. The zero-order valence-corrected chi connectivity index (χ0v) is 22.9. The molecule has 1 unspecified atom stereocenters. The topological polar surface area (TPSA) is 70.1 Å². The third-order valence-corrected chi connectivity index (χ3v) is 6.87. The molecule has 7 heteroatoms. The van der Waals surface area contributed by atoms with Gasteiger partial charge in [-0.05, 0) is 81.5 Å². The van der Waals surface area contributed by atoms with Gasteiger partial charge in [-0.1, -0.05) is 57.9 Å².